The number of nitrogens with zero attached hydrogens (tertiary/aromatic N) is 2. The highest BCUT2D eigenvalue weighted by atomic mass is 16.4. The topological polar surface area (TPSA) is 55.1 Å². The number of hydrogen-bond acceptors (Lipinski definition) is 2. The van der Waals surface area contributed by atoms with E-state index in [9.17, 15) is 9.90 Å². The van der Waals surface area contributed by atoms with Gasteiger partial charge in [0.2, 0.25) is 0 Å². The van der Waals surface area contributed by atoms with E-state index in [1.54, 1.807) is 6.33 Å². The Labute approximate surface area is 141 Å². The summed E-state index contributed by atoms with van der Waals surface area (Å²) < 4.78 is 1.99. The number of rotatable bonds is 4. The molecule has 0 spiro atoms. The first-order valence-corrected chi connectivity index (χ1v) is 8.09. The molecular weight excluding hydrogens is 300 g/mol. The Morgan fingerprint density at radius 3 is 2.29 bits per heavy atom. The molecule has 3 rings (SSSR count). The average molecular weight is 322 g/mol. The normalized spacial score (nSPS) is 14.5. The summed E-state index contributed by atoms with van der Waals surface area (Å²) >= 11 is 0. The van der Waals surface area contributed by atoms with Crippen molar-refractivity contribution in [2.24, 2.45) is 11.3 Å². The number of carboxylic acids is 1. The third-order valence-electron chi connectivity index (χ3n) is 4.44. The first-order valence-electron chi connectivity index (χ1n) is 8.09. The molecule has 4 heteroatoms. The zero-order chi connectivity index (χ0) is 17.3. The van der Waals surface area contributed by atoms with Crippen molar-refractivity contribution in [1.82, 2.24) is 9.55 Å². The van der Waals surface area contributed by atoms with E-state index in [4.69, 9.17) is 0 Å². The Bertz CT molecular complexity index is 847. The van der Waals surface area contributed by atoms with Crippen LogP contribution in [0.5, 0.6) is 0 Å². The van der Waals surface area contributed by atoms with Gasteiger partial charge in [-0.2, -0.15) is 0 Å². The molecule has 1 heterocycles. The van der Waals surface area contributed by atoms with E-state index in [0.717, 1.165) is 16.6 Å². The summed E-state index contributed by atoms with van der Waals surface area (Å²) in [5.41, 5.74) is 2.39. The fraction of sp³-hybridized carbons (Fsp3) is 0.300. The summed E-state index contributed by atoms with van der Waals surface area (Å²) in [7, 11) is 0. The highest BCUT2D eigenvalue weighted by molar-refractivity contribution is 5.77. The molecule has 0 radical (unpaired) electrons. The molecule has 0 aliphatic heterocycles. The Balaban J connectivity index is 2.25. The number of imidazole rings is 1. The van der Waals surface area contributed by atoms with Gasteiger partial charge in [0.15, 0.2) is 0 Å². The lowest BCUT2D eigenvalue weighted by molar-refractivity contribution is -0.147. The Morgan fingerprint density at radius 1 is 1.04 bits per heavy atom. The Kier molecular flexibility index (Phi) is 4.14. The molecule has 0 aliphatic rings. The van der Waals surface area contributed by atoms with Gasteiger partial charge in [0.1, 0.15) is 0 Å². The SMILES string of the molecule is CC(C)(C)C(C(=O)O)[C@H](c1ccccc1)n1cnc2ccccc21. The van der Waals surface area contributed by atoms with Gasteiger partial charge in [-0.05, 0) is 23.1 Å². The summed E-state index contributed by atoms with van der Waals surface area (Å²) in [4.78, 5) is 16.6. The molecule has 2 aromatic carbocycles. The van der Waals surface area contributed by atoms with Gasteiger partial charge in [-0.25, -0.2) is 4.98 Å². The molecule has 0 bridgehead atoms. The summed E-state index contributed by atoms with van der Waals surface area (Å²) in [5.74, 6) is -1.38. The van der Waals surface area contributed by atoms with E-state index in [1.165, 1.54) is 0 Å². The largest absolute Gasteiger partial charge is 0.481 e. The van der Waals surface area contributed by atoms with Crippen molar-refractivity contribution in [2.45, 2.75) is 26.8 Å². The fourth-order valence-electron chi connectivity index (χ4n) is 3.34. The smallest absolute Gasteiger partial charge is 0.309 e. The van der Waals surface area contributed by atoms with Crippen LogP contribution in [-0.4, -0.2) is 20.6 Å². The average Bonchev–Trinajstić information content (AvgIpc) is 2.95. The van der Waals surface area contributed by atoms with Crippen molar-refractivity contribution in [3.8, 4) is 0 Å². The van der Waals surface area contributed by atoms with Crippen LogP contribution in [0.15, 0.2) is 60.9 Å². The minimum absolute atomic E-state index is 0.323. The van der Waals surface area contributed by atoms with E-state index in [1.807, 2.05) is 79.9 Å². The Hall–Kier alpha value is -2.62. The number of aliphatic carboxylic acids is 1. The summed E-state index contributed by atoms with van der Waals surface area (Å²) in [6.07, 6.45) is 1.75. The zero-order valence-electron chi connectivity index (χ0n) is 14.2. The lowest BCUT2D eigenvalue weighted by atomic mass is 9.74. The van der Waals surface area contributed by atoms with Crippen LogP contribution in [0.25, 0.3) is 11.0 Å². The number of carbonyl (C=O) groups is 1. The molecule has 3 aromatic rings. The van der Waals surface area contributed by atoms with Gasteiger partial charge in [-0.3, -0.25) is 4.79 Å². The molecule has 0 fully saturated rings. The molecule has 4 nitrogen and oxygen atoms in total. The van der Waals surface area contributed by atoms with Crippen molar-refractivity contribution in [3.63, 3.8) is 0 Å². The third kappa shape index (κ3) is 2.92. The number of aromatic nitrogens is 2. The maximum atomic E-state index is 12.2. The predicted octanol–water partition coefficient (Wildman–Crippen LogP) is 4.37. The molecule has 2 atom stereocenters. The highest BCUT2D eigenvalue weighted by Gasteiger charge is 2.40. The molecule has 0 aliphatic carbocycles. The summed E-state index contributed by atoms with van der Waals surface area (Å²) in [6.45, 7) is 5.92. The molecule has 24 heavy (non-hydrogen) atoms. The first kappa shape index (κ1) is 16.2. The van der Waals surface area contributed by atoms with E-state index in [0.29, 0.717) is 0 Å². The van der Waals surface area contributed by atoms with Gasteiger partial charge in [0, 0.05) is 0 Å². The lowest BCUT2D eigenvalue weighted by Crippen LogP contribution is -2.37. The fourth-order valence-corrected chi connectivity index (χ4v) is 3.34. The second kappa shape index (κ2) is 6.11. The van der Waals surface area contributed by atoms with E-state index >= 15 is 0 Å². The van der Waals surface area contributed by atoms with Crippen molar-refractivity contribution in [1.29, 1.82) is 0 Å². The number of para-hydroxylation sites is 2. The van der Waals surface area contributed by atoms with Crippen LogP contribution in [0.3, 0.4) is 0 Å². The van der Waals surface area contributed by atoms with Gasteiger partial charge in [-0.1, -0.05) is 63.2 Å². The van der Waals surface area contributed by atoms with Crippen LogP contribution in [0.4, 0.5) is 0 Å². The van der Waals surface area contributed by atoms with E-state index in [2.05, 4.69) is 4.98 Å². The van der Waals surface area contributed by atoms with Crippen molar-refractivity contribution < 1.29 is 9.90 Å². The van der Waals surface area contributed by atoms with Crippen LogP contribution in [0.1, 0.15) is 32.4 Å². The van der Waals surface area contributed by atoms with Gasteiger partial charge >= 0.3 is 5.97 Å². The maximum absolute atomic E-state index is 12.2. The van der Waals surface area contributed by atoms with Crippen LogP contribution < -0.4 is 0 Å². The molecule has 1 N–H and O–H groups in total. The second-order valence-electron chi connectivity index (χ2n) is 7.18. The van der Waals surface area contributed by atoms with Crippen LogP contribution in [-0.2, 0) is 4.79 Å². The van der Waals surface area contributed by atoms with Crippen LogP contribution in [0.2, 0.25) is 0 Å². The van der Waals surface area contributed by atoms with Crippen LogP contribution in [0, 0.1) is 11.3 Å². The predicted molar refractivity (Wildman–Crippen MR) is 94.9 cm³/mol. The Morgan fingerprint density at radius 2 is 1.67 bits per heavy atom. The first-order chi connectivity index (χ1) is 11.4. The quantitative estimate of drug-likeness (QED) is 0.776. The van der Waals surface area contributed by atoms with Gasteiger partial charge in [0.25, 0.3) is 0 Å². The number of hydrogen-bond donors (Lipinski definition) is 1. The minimum atomic E-state index is -0.797. The molecule has 1 aromatic heterocycles. The molecule has 1 unspecified atom stereocenters. The molecule has 0 saturated heterocycles. The minimum Gasteiger partial charge on any atom is -0.481 e. The van der Waals surface area contributed by atoms with Crippen LogP contribution >= 0.6 is 0 Å². The molecular formula is C20H22N2O2. The highest BCUT2D eigenvalue weighted by Crippen LogP contribution is 2.40. The number of carboxylic acid groups (broad SMARTS) is 1. The maximum Gasteiger partial charge on any atom is 0.309 e. The summed E-state index contributed by atoms with van der Waals surface area (Å²) in [6, 6.07) is 17.3. The summed E-state index contributed by atoms with van der Waals surface area (Å²) in [5, 5.41) is 9.98. The zero-order valence-corrected chi connectivity index (χ0v) is 14.2. The van der Waals surface area contributed by atoms with Gasteiger partial charge in [0.05, 0.1) is 29.3 Å². The number of fused-ring (bicyclic) bond motifs is 1. The molecule has 0 saturated carbocycles. The van der Waals surface area contributed by atoms with Crippen molar-refractivity contribution in [3.05, 3.63) is 66.5 Å². The van der Waals surface area contributed by atoms with E-state index < -0.39 is 17.3 Å². The second-order valence-corrected chi connectivity index (χ2v) is 7.18. The van der Waals surface area contributed by atoms with E-state index in [-0.39, 0.29) is 6.04 Å². The monoisotopic (exact) mass is 322 g/mol. The standard InChI is InChI=1S/C20H22N2O2/c1-20(2,3)17(19(23)24)18(14-9-5-4-6-10-14)22-13-21-15-11-7-8-12-16(15)22/h4-13,17-18H,1-3H3,(H,23,24)/t17?,18-/m0/s1. The molecule has 0 amide bonds. The number of benzene rings is 2. The van der Waals surface area contributed by atoms with Gasteiger partial charge in [-0.15, -0.1) is 0 Å². The van der Waals surface area contributed by atoms with Crippen molar-refractivity contribution in [2.75, 3.05) is 0 Å². The van der Waals surface area contributed by atoms with Crippen molar-refractivity contribution >= 4 is 17.0 Å². The third-order valence-corrected chi connectivity index (χ3v) is 4.44. The lowest BCUT2D eigenvalue weighted by Gasteiger charge is -2.35. The molecule has 124 valence electrons. The van der Waals surface area contributed by atoms with Gasteiger partial charge < -0.3 is 9.67 Å².